The van der Waals surface area contributed by atoms with Crippen molar-refractivity contribution in [3.05, 3.63) is 33.3 Å². The predicted molar refractivity (Wildman–Crippen MR) is 60.2 cm³/mol. The Balaban J connectivity index is 3.12. The summed E-state index contributed by atoms with van der Waals surface area (Å²) in [6, 6.07) is 3.62. The van der Waals surface area contributed by atoms with Crippen molar-refractivity contribution in [3.63, 3.8) is 0 Å². The molecule has 0 spiro atoms. The number of alkyl halides is 1. The zero-order chi connectivity index (χ0) is 10.9. The summed E-state index contributed by atoms with van der Waals surface area (Å²) in [5.74, 6) is -0.150. The quantitative estimate of drug-likeness (QED) is 0.692. The summed E-state index contributed by atoms with van der Waals surface area (Å²) in [6.07, 6.45) is -0.883. The maximum absolute atomic E-state index is 13.1. The highest BCUT2D eigenvalue weighted by atomic mass is 35.5. The van der Waals surface area contributed by atoms with Crippen LogP contribution in [-0.4, -0.2) is 6.17 Å². The van der Waals surface area contributed by atoms with Crippen LogP contribution in [-0.2, 0) is 0 Å². The zero-order valence-electron chi connectivity index (χ0n) is 8.44. The molecule has 1 rings (SSSR count). The van der Waals surface area contributed by atoms with Gasteiger partial charge in [0.05, 0.1) is 10.0 Å². The standard InChI is InChI=1S/C11H13Cl2F/c1-6-4-9(7(2)8(3)14)5-10(12)11(6)13/h4-5,7-8H,1-3H3. The molecule has 0 fully saturated rings. The maximum Gasteiger partial charge on any atom is 0.104 e. The highest BCUT2D eigenvalue weighted by Crippen LogP contribution is 2.31. The largest absolute Gasteiger partial charge is 0.247 e. The molecular weight excluding hydrogens is 222 g/mol. The van der Waals surface area contributed by atoms with E-state index in [1.807, 2.05) is 19.9 Å². The van der Waals surface area contributed by atoms with E-state index in [0.717, 1.165) is 11.1 Å². The minimum absolute atomic E-state index is 0.150. The van der Waals surface area contributed by atoms with E-state index in [9.17, 15) is 4.39 Å². The average Bonchev–Trinajstić information content (AvgIpc) is 2.12. The summed E-state index contributed by atoms with van der Waals surface area (Å²) < 4.78 is 13.1. The Labute approximate surface area is 94.0 Å². The van der Waals surface area contributed by atoms with Crippen LogP contribution in [0.25, 0.3) is 0 Å². The van der Waals surface area contributed by atoms with Crippen molar-refractivity contribution in [1.29, 1.82) is 0 Å². The molecule has 14 heavy (non-hydrogen) atoms. The Bertz CT molecular complexity index is 311. The van der Waals surface area contributed by atoms with Crippen LogP contribution in [0.2, 0.25) is 10.0 Å². The Kier molecular flexibility index (Phi) is 3.79. The van der Waals surface area contributed by atoms with Gasteiger partial charge in [-0.25, -0.2) is 4.39 Å². The minimum atomic E-state index is -0.883. The molecule has 0 saturated carbocycles. The van der Waals surface area contributed by atoms with Crippen molar-refractivity contribution in [2.75, 3.05) is 0 Å². The molecule has 2 atom stereocenters. The van der Waals surface area contributed by atoms with Gasteiger partial charge in [0.1, 0.15) is 6.17 Å². The second kappa shape index (κ2) is 4.50. The van der Waals surface area contributed by atoms with E-state index in [2.05, 4.69) is 0 Å². The molecule has 0 aliphatic rings. The number of hydrogen-bond donors (Lipinski definition) is 0. The molecule has 0 nitrogen and oxygen atoms in total. The van der Waals surface area contributed by atoms with Crippen molar-refractivity contribution >= 4 is 23.2 Å². The third-order valence-electron chi connectivity index (χ3n) is 2.45. The molecule has 3 heteroatoms. The van der Waals surface area contributed by atoms with E-state index < -0.39 is 6.17 Å². The summed E-state index contributed by atoms with van der Waals surface area (Å²) in [5, 5.41) is 1.04. The van der Waals surface area contributed by atoms with Gasteiger partial charge < -0.3 is 0 Å². The normalized spacial score (nSPS) is 15.3. The Hall–Kier alpha value is -0.270. The fraction of sp³-hybridized carbons (Fsp3) is 0.455. The van der Waals surface area contributed by atoms with Gasteiger partial charge in [-0.2, -0.15) is 0 Å². The molecule has 0 amide bonds. The van der Waals surface area contributed by atoms with Gasteiger partial charge >= 0.3 is 0 Å². The highest BCUT2D eigenvalue weighted by molar-refractivity contribution is 6.42. The fourth-order valence-electron chi connectivity index (χ4n) is 1.28. The van der Waals surface area contributed by atoms with Gasteiger partial charge in [0, 0.05) is 5.92 Å². The first-order valence-electron chi connectivity index (χ1n) is 4.53. The van der Waals surface area contributed by atoms with Crippen LogP contribution in [0, 0.1) is 6.92 Å². The van der Waals surface area contributed by atoms with Gasteiger partial charge in [-0.05, 0) is 31.0 Å². The average molecular weight is 235 g/mol. The van der Waals surface area contributed by atoms with Gasteiger partial charge in [-0.3, -0.25) is 0 Å². The lowest BCUT2D eigenvalue weighted by Crippen LogP contribution is -2.06. The van der Waals surface area contributed by atoms with Crippen molar-refractivity contribution in [1.82, 2.24) is 0 Å². The molecule has 0 N–H and O–H groups in total. The molecule has 0 aliphatic heterocycles. The molecule has 0 radical (unpaired) electrons. The minimum Gasteiger partial charge on any atom is -0.247 e. The van der Waals surface area contributed by atoms with Crippen LogP contribution in [0.4, 0.5) is 4.39 Å². The second-order valence-corrected chi connectivity index (χ2v) is 4.38. The van der Waals surface area contributed by atoms with Crippen molar-refractivity contribution in [3.8, 4) is 0 Å². The maximum atomic E-state index is 13.1. The zero-order valence-corrected chi connectivity index (χ0v) is 9.96. The molecule has 0 aromatic heterocycles. The SMILES string of the molecule is Cc1cc(C(C)C(C)F)cc(Cl)c1Cl. The number of halogens is 3. The van der Waals surface area contributed by atoms with E-state index in [-0.39, 0.29) is 5.92 Å². The summed E-state index contributed by atoms with van der Waals surface area (Å²) in [4.78, 5) is 0. The molecular formula is C11H13Cl2F. The predicted octanol–water partition coefficient (Wildman–Crippen LogP) is 4.76. The summed E-state index contributed by atoms with van der Waals surface area (Å²) >= 11 is 11.8. The molecule has 0 heterocycles. The van der Waals surface area contributed by atoms with E-state index in [4.69, 9.17) is 23.2 Å². The van der Waals surface area contributed by atoms with Crippen LogP contribution in [0.5, 0.6) is 0 Å². The van der Waals surface area contributed by atoms with Crippen LogP contribution in [0.1, 0.15) is 30.9 Å². The lowest BCUT2D eigenvalue weighted by molar-refractivity contribution is 0.317. The number of hydrogen-bond acceptors (Lipinski definition) is 0. The van der Waals surface area contributed by atoms with E-state index >= 15 is 0 Å². The first-order valence-corrected chi connectivity index (χ1v) is 5.28. The third kappa shape index (κ3) is 2.40. The van der Waals surface area contributed by atoms with Gasteiger partial charge in [-0.1, -0.05) is 36.2 Å². The smallest absolute Gasteiger partial charge is 0.104 e. The number of aryl methyl sites for hydroxylation is 1. The number of benzene rings is 1. The van der Waals surface area contributed by atoms with Crippen LogP contribution < -0.4 is 0 Å². The van der Waals surface area contributed by atoms with Gasteiger partial charge in [0.2, 0.25) is 0 Å². The summed E-state index contributed by atoms with van der Waals surface area (Å²) in [5.41, 5.74) is 1.79. The van der Waals surface area contributed by atoms with Crippen LogP contribution in [0.3, 0.4) is 0 Å². The van der Waals surface area contributed by atoms with Crippen molar-refractivity contribution in [2.24, 2.45) is 0 Å². The summed E-state index contributed by atoms with van der Waals surface area (Å²) in [6.45, 7) is 5.25. The molecule has 2 unspecified atom stereocenters. The monoisotopic (exact) mass is 234 g/mol. The van der Waals surface area contributed by atoms with E-state index in [1.165, 1.54) is 0 Å². The topological polar surface area (TPSA) is 0 Å². The van der Waals surface area contributed by atoms with Gasteiger partial charge in [0.25, 0.3) is 0 Å². The highest BCUT2D eigenvalue weighted by Gasteiger charge is 2.15. The lowest BCUT2D eigenvalue weighted by atomic mass is 9.96. The lowest BCUT2D eigenvalue weighted by Gasteiger charge is -2.15. The van der Waals surface area contributed by atoms with Crippen LogP contribution in [0.15, 0.2) is 12.1 Å². The summed E-state index contributed by atoms with van der Waals surface area (Å²) in [7, 11) is 0. The molecule has 1 aromatic rings. The number of rotatable bonds is 2. The fourth-order valence-corrected chi connectivity index (χ4v) is 1.67. The van der Waals surface area contributed by atoms with Gasteiger partial charge in [-0.15, -0.1) is 0 Å². The Morgan fingerprint density at radius 2 is 1.79 bits per heavy atom. The molecule has 0 aliphatic carbocycles. The van der Waals surface area contributed by atoms with Crippen LogP contribution >= 0.6 is 23.2 Å². The second-order valence-electron chi connectivity index (χ2n) is 3.60. The molecule has 78 valence electrons. The van der Waals surface area contributed by atoms with Crippen molar-refractivity contribution in [2.45, 2.75) is 32.9 Å². The Morgan fingerprint density at radius 1 is 1.21 bits per heavy atom. The third-order valence-corrected chi connectivity index (χ3v) is 3.34. The molecule has 0 bridgehead atoms. The van der Waals surface area contributed by atoms with Crippen molar-refractivity contribution < 1.29 is 4.39 Å². The Morgan fingerprint density at radius 3 is 2.21 bits per heavy atom. The van der Waals surface area contributed by atoms with E-state index in [0.29, 0.717) is 10.0 Å². The van der Waals surface area contributed by atoms with Gasteiger partial charge in [0.15, 0.2) is 0 Å². The first kappa shape index (κ1) is 11.8. The first-order chi connectivity index (χ1) is 6.43. The molecule has 1 aromatic carbocycles. The van der Waals surface area contributed by atoms with E-state index in [1.54, 1.807) is 13.0 Å². The molecule has 0 saturated heterocycles.